The van der Waals surface area contributed by atoms with Crippen LogP contribution in [0.25, 0.3) is 0 Å². The Morgan fingerprint density at radius 3 is 2.00 bits per heavy atom. The third-order valence-electron chi connectivity index (χ3n) is 4.20. The quantitative estimate of drug-likeness (QED) is 0.847. The van der Waals surface area contributed by atoms with E-state index in [4.69, 9.17) is 0 Å². The van der Waals surface area contributed by atoms with Crippen molar-refractivity contribution in [1.29, 1.82) is 0 Å². The molecule has 4 heteroatoms. The highest BCUT2D eigenvalue weighted by atomic mass is 16.2. The SMILES string of the molecule is Cc1ccc(NC(=O)C2(C(=O)Nc3cccc(C)c3)CC2)cc1. The van der Waals surface area contributed by atoms with E-state index in [1.165, 1.54) is 0 Å². The van der Waals surface area contributed by atoms with Crippen LogP contribution in [0.5, 0.6) is 0 Å². The van der Waals surface area contributed by atoms with Crippen LogP contribution in [-0.2, 0) is 9.59 Å². The fourth-order valence-corrected chi connectivity index (χ4v) is 2.54. The van der Waals surface area contributed by atoms with Crippen LogP contribution >= 0.6 is 0 Å². The predicted octanol–water partition coefficient (Wildman–Crippen LogP) is 3.66. The maximum atomic E-state index is 12.5. The van der Waals surface area contributed by atoms with Crippen molar-refractivity contribution in [2.45, 2.75) is 26.7 Å². The van der Waals surface area contributed by atoms with Crippen molar-refractivity contribution < 1.29 is 9.59 Å². The second kappa shape index (κ2) is 5.88. The average Bonchev–Trinajstić information content (AvgIpc) is 3.31. The summed E-state index contributed by atoms with van der Waals surface area (Å²) in [7, 11) is 0. The summed E-state index contributed by atoms with van der Waals surface area (Å²) in [5.74, 6) is -0.459. The maximum Gasteiger partial charge on any atom is 0.240 e. The van der Waals surface area contributed by atoms with Crippen LogP contribution in [0.2, 0.25) is 0 Å². The van der Waals surface area contributed by atoms with E-state index in [0.29, 0.717) is 12.8 Å². The molecule has 1 fully saturated rings. The Labute approximate surface area is 135 Å². The van der Waals surface area contributed by atoms with Gasteiger partial charge in [0.1, 0.15) is 5.41 Å². The first-order valence-corrected chi connectivity index (χ1v) is 7.76. The summed E-state index contributed by atoms with van der Waals surface area (Å²) in [6.45, 7) is 3.95. The molecule has 23 heavy (non-hydrogen) atoms. The lowest BCUT2D eigenvalue weighted by Gasteiger charge is -2.16. The van der Waals surface area contributed by atoms with E-state index in [1.54, 1.807) is 0 Å². The Bertz CT molecular complexity index is 746. The number of nitrogens with one attached hydrogen (secondary N) is 2. The lowest BCUT2D eigenvalue weighted by atomic mass is 10.0. The third-order valence-corrected chi connectivity index (χ3v) is 4.20. The van der Waals surface area contributed by atoms with Gasteiger partial charge >= 0.3 is 0 Å². The lowest BCUT2D eigenvalue weighted by Crippen LogP contribution is -2.35. The van der Waals surface area contributed by atoms with Crippen LogP contribution in [0.3, 0.4) is 0 Å². The van der Waals surface area contributed by atoms with Gasteiger partial charge in [0.25, 0.3) is 0 Å². The zero-order valence-corrected chi connectivity index (χ0v) is 13.3. The number of carbonyl (C=O) groups is 2. The van der Waals surface area contributed by atoms with Crippen molar-refractivity contribution in [3.05, 3.63) is 59.7 Å². The highest BCUT2D eigenvalue weighted by molar-refractivity contribution is 6.16. The minimum Gasteiger partial charge on any atom is -0.325 e. The fourth-order valence-electron chi connectivity index (χ4n) is 2.54. The molecule has 1 aliphatic carbocycles. The molecule has 0 saturated heterocycles. The minimum absolute atomic E-state index is 0.229. The van der Waals surface area contributed by atoms with Gasteiger partial charge in [0, 0.05) is 11.4 Å². The van der Waals surface area contributed by atoms with Gasteiger partial charge in [0.15, 0.2) is 0 Å². The summed E-state index contributed by atoms with van der Waals surface area (Å²) in [4.78, 5) is 25.0. The van der Waals surface area contributed by atoms with Gasteiger partial charge in [-0.2, -0.15) is 0 Å². The number of carbonyl (C=O) groups excluding carboxylic acids is 2. The molecular formula is C19H20N2O2. The molecule has 0 heterocycles. The van der Waals surface area contributed by atoms with Gasteiger partial charge in [-0.1, -0.05) is 29.8 Å². The molecule has 4 nitrogen and oxygen atoms in total. The van der Waals surface area contributed by atoms with Crippen LogP contribution in [0.15, 0.2) is 48.5 Å². The van der Waals surface area contributed by atoms with Gasteiger partial charge in [-0.05, 0) is 56.5 Å². The van der Waals surface area contributed by atoms with Gasteiger partial charge in [0.05, 0.1) is 0 Å². The number of anilines is 2. The number of hydrogen-bond donors (Lipinski definition) is 2. The van der Waals surface area contributed by atoms with E-state index in [0.717, 1.165) is 22.5 Å². The van der Waals surface area contributed by atoms with Crippen molar-refractivity contribution in [1.82, 2.24) is 0 Å². The Morgan fingerprint density at radius 1 is 0.826 bits per heavy atom. The average molecular weight is 308 g/mol. The largest absolute Gasteiger partial charge is 0.325 e. The van der Waals surface area contributed by atoms with Crippen LogP contribution in [-0.4, -0.2) is 11.8 Å². The minimum atomic E-state index is -0.936. The molecule has 0 spiro atoms. The normalized spacial score (nSPS) is 14.9. The van der Waals surface area contributed by atoms with Gasteiger partial charge in [-0.15, -0.1) is 0 Å². The van der Waals surface area contributed by atoms with Crippen LogP contribution in [0.4, 0.5) is 11.4 Å². The highest BCUT2D eigenvalue weighted by Gasteiger charge is 2.56. The molecule has 1 saturated carbocycles. The third kappa shape index (κ3) is 3.26. The first-order chi connectivity index (χ1) is 11.0. The molecule has 0 aromatic heterocycles. The standard InChI is InChI=1S/C19H20N2O2/c1-13-6-8-15(9-7-13)20-17(22)19(10-11-19)18(23)21-16-5-3-4-14(2)12-16/h3-9,12H,10-11H2,1-2H3,(H,20,22)(H,21,23). The first kappa shape index (κ1) is 15.3. The number of rotatable bonds is 4. The van der Waals surface area contributed by atoms with E-state index in [1.807, 2.05) is 62.4 Å². The number of amides is 2. The van der Waals surface area contributed by atoms with E-state index in [-0.39, 0.29) is 11.8 Å². The first-order valence-electron chi connectivity index (χ1n) is 7.76. The van der Waals surface area contributed by atoms with Crippen molar-refractivity contribution in [2.24, 2.45) is 5.41 Å². The van der Waals surface area contributed by atoms with Crippen LogP contribution in [0, 0.1) is 19.3 Å². The summed E-state index contributed by atoms with van der Waals surface area (Å²) in [6.07, 6.45) is 1.17. The molecular weight excluding hydrogens is 288 g/mol. The summed E-state index contributed by atoms with van der Waals surface area (Å²) in [5, 5.41) is 5.71. The van der Waals surface area contributed by atoms with Gasteiger partial charge in [-0.3, -0.25) is 9.59 Å². The summed E-state index contributed by atoms with van der Waals surface area (Å²) in [6, 6.07) is 15.1. The molecule has 2 aromatic rings. The summed E-state index contributed by atoms with van der Waals surface area (Å²) < 4.78 is 0. The van der Waals surface area contributed by atoms with E-state index in [2.05, 4.69) is 10.6 Å². The zero-order valence-electron chi connectivity index (χ0n) is 13.3. The molecule has 1 aliphatic rings. The monoisotopic (exact) mass is 308 g/mol. The van der Waals surface area contributed by atoms with Crippen molar-refractivity contribution in [3.8, 4) is 0 Å². The van der Waals surface area contributed by atoms with Crippen molar-refractivity contribution >= 4 is 23.2 Å². The molecule has 0 aliphatic heterocycles. The molecule has 0 bridgehead atoms. The predicted molar refractivity (Wildman–Crippen MR) is 91.3 cm³/mol. The molecule has 2 aromatic carbocycles. The Morgan fingerprint density at radius 2 is 1.43 bits per heavy atom. The van der Waals surface area contributed by atoms with Gasteiger partial charge < -0.3 is 10.6 Å². The van der Waals surface area contributed by atoms with E-state index >= 15 is 0 Å². The number of hydrogen-bond acceptors (Lipinski definition) is 2. The summed E-state index contributed by atoms with van der Waals surface area (Å²) >= 11 is 0. The maximum absolute atomic E-state index is 12.5. The molecule has 2 N–H and O–H groups in total. The zero-order chi connectivity index (χ0) is 16.4. The molecule has 118 valence electrons. The Kier molecular flexibility index (Phi) is 3.90. The second-order valence-corrected chi connectivity index (χ2v) is 6.23. The van der Waals surface area contributed by atoms with E-state index in [9.17, 15) is 9.59 Å². The van der Waals surface area contributed by atoms with Crippen LogP contribution in [0.1, 0.15) is 24.0 Å². The van der Waals surface area contributed by atoms with Crippen molar-refractivity contribution in [3.63, 3.8) is 0 Å². The lowest BCUT2D eigenvalue weighted by molar-refractivity contribution is -0.131. The summed E-state index contributed by atoms with van der Waals surface area (Å²) in [5.41, 5.74) is 2.70. The molecule has 2 amide bonds. The Hall–Kier alpha value is -2.62. The number of aryl methyl sites for hydroxylation is 2. The molecule has 0 atom stereocenters. The van der Waals surface area contributed by atoms with E-state index < -0.39 is 5.41 Å². The molecule has 0 unspecified atom stereocenters. The molecule has 3 rings (SSSR count). The number of benzene rings is 2. The highest BCUT2D eigenvalue weighted by Crippen LogP contribution is 2.47. The smallest absolute Gasteiger partial charge is 0.240 e. The van der Waals surface area contributed by atoms with Gasteiger partial charge in [0.2, 0.25) is 11.8 Å². The Balaban J connectivity index is 1.69. The second-order valence-electron chi connectivity index (χ2n) is 6.23. The molecule has 0 radical (unpaired) electrons. The fraction of sp³-hybridized carbons (Fsp3) is 0.263. The van der Waals surface area contributed by atoms with Gasteiger partial charge in [-0.25, -0.2) is 0 Å². The van der Waals surface area contributed by atoms with Crippen molar-refractivity contribution in [2.75, 3.05) is 10.6 Å². The topological polar surface area (TPSA) is 58.2 Å². The van der Waals surface area contributed by atoms with Crippen LogP contribution < -0.4 is 10.6 Å².